The maximum Gasteiger partial charge on any atom is 0.357 e. The molecular weight excluding hydrogens is 336 g/mol. The van der Waals surface area contributed by atoms with Crippen molar-refractivity contribution in [2.75, 3.05) is 0 Å². The molecule has 0 saturated heterocycles. The zero-order chi connectivity index (χ0) is 15.2. The fourth-order valence-corrected chi connectivity index (χ4v) is 1.98. The van der Waals surface area contributed by atoms with Crippen LogP contribution in [-0.4, -0.2) is 11.9 Å². The van der Waals surface area contributed by atoms with Gasteiger partial charge in [0.15, 0.2) is 0 Å². The van der Waals surface area contributed by atoms with Crippen LogP contribution in [0.3, 0.4) is 0 Å². The molecule has 0 spiro atoms. The molecule has 0 aromatic heterocycles. The van der Waals surface area contributed by atoms with Crippen LogP contribution in [0.15, 0.2) is 59.1 Å². The molecule has 0 unspecified atom stereocenters. The number of rotatable bonds is 4. The molecule has 0 amide bonds. The summed E-state index contributed by atoms with van der Waals surface area (Å²) in [6.07, 6.45) is -1.08. The van der Waals surface area contributed by atoms with Gasteiger partial charge in [0, 0.05) is 17.0 Å². The van der Waals surface area contributed by atoms with E-state index in [0.29, 0.717) is 11.3 Å². The monoisotopic (exact) mass is 348 g/mol. The molecule has 2 aromatic rings. The minimum absolute atomic E-state index is 0.385. The predicted molar refractivity (Wildman–Crippen MR) is 80.7 cm³/mol. The average Bonchev–Trinajstić information content (AvgIpc) is 2.48. The Labute approximate surface area is 130 Å². The predicted octanol–water partition coefficient (Wildman–Crippen LogP) is 3.66. The van der Waals surface area contributed by atoms with E-state index in [2.05, 4.69) is 15.9 Å². The van der Waals surface area contributed by atoms with Gasteiger partial charge in [0.2, 0.25) is 6.10 Å². The fourth-order valence-electron chi connectivity index (χ4n) is 1.72. The number of benzene rings is 2. The van der Waals surface area contributed by atoms with Crippen molar-refractivity contribution in [3.05, 3.63) is 64.6 Å². The van der Waals surface area contributed by atoms with Crippen molar-refractivity contribution in [1.82, 2.24) is 0 Å². The van der Waals surface area contributed by atoms with Crippen molar-refractivity contribution >= 4 is 27.9 Å². The molecule has 5 heteroatoms. The maximum atomic E-state index is 12.2. The van der Waals surface area contributed by atoms with E-state index in [9.17, 15) is 9.59 Å². The van der Waals surface area contributed by atoms with Gasteiger partial charge in [-0.25, -0.2) is 4.79 Å². The first kappa shape index (κ1) is 15.3. The van der Waals surface area contributed by atoms with E-state index in [-0.39, 0.29) is 0 Å². The Balaban J connectivity index is 2.18. The van der Waals surface area contributed by atoms with Crippen molar-refractivity contribution < 1.29 is 19.1 Å². The van der Waals surface area contributed by atoms with Crippen LogP contribution in [0.5, 0.6) is 5.75 Å². The summed E-state index contributed by atoms with van der Waals surface area (Å²) >= 11 is 3.30. The molecule has 4 nitrogen and oxygen atoms in total. The van der Waals surface area contributed by atoms with Gasteiger partial charge in [0.05, 0.1) is 0 Å². The van der Waals surface area contributed by atoms with Gasteiger partial charge >= 0.3 is 11.9 Å². The van der Waals surface area contributed by atoms with Crippen LogP contribution < -0.4 is 4.74 Å². The van der Waals surface area contributed by atoms with Gasteiger partial charge in [-0.1, -0.05) is 46.3 Å². The second kappa shape index (κ2) is 7.04. The van der Waals surface area contributed by atoms with Crippen LogP contribution in [0.4, 0.5) is 0 Å². The lowest BCUT2D eigenvalue weighted by molar-refractivity contribution is -0.161. The Bertz CT molecular complexity index is 622. The summed E-state index contributed by atoms with van der Waals surface area (Å²) < 4.78 is 11.2. The van der Waals surface area contributed by atoms with Crippen LogP contribution >= 0.6 is 15.9 Å². The van der Waals surface area contributed by atoms with Crippen molar-refractivity contribution in [3.8, 4) is 5.75 Å². The number of hydrogen-bond acceptors (Lipinski definition) is 4. The van der Waals surface area contributed by atoms with Crippen LogP contribution in [0.1, 0.15) is 18.6 Å². The minimum Gasteiger partial charge on any atom is -0.446 e. The minimum atomic E-state index is -1.08. The van der Waals surface area contributed by atoms with Gasteiger partial charge in [-0.3, -0.25) is 4.79 Å². The third kappa shape index (κ3) is 4.43. The van der Waals surface area contributed by atoms with Gasteiger partial charge in [-0.15, -0.1) is 0 Å². The van der Waals surface area contributed by atoms with Gasteiger partial charge in [0.1, 0.15) is 5.75 Å². The normalized spacial score (nSPS) is 11.5. The number of halogens is 1. The first-order chi connectivity index (χ1) is 10.1. The lowest BCUT2D eigenvalue weighted by atomic mass is 10.1. The molecule has 1 atom stereocenters. The molecule has 0 aliphatic carbocycles. The Kier molecular flexibility index (Phi) is 5.11. The number of hydrogen-bond donors (Lipinski definition) is 0. The molecule has 21 heavy (non-hydrogen) atoms. The number of esters is 2. The van der Waals surface area contributed by atoms with E-state index >= 15 is 0 Å². The smallest absolute Gasteiger partial charge is 0.357 e. The summed E-state index contributed by atoms with van der Waals surface area (Å²) in [5.41, 5.74) is 0.565. The topological polar surface area (TPSA) is 52.6 Å². The second-order valence-electron chi connectivity index (χ2n) is 4.28. The lowest BCUT2D eigenvalue weighted by Gasteiger charge is -2.16. The summed E-state index contributed by atoms with van der Waals surface area (Å²) in [7, 11) is 0. The molecule has 0 aliphatic rings. The SMILES string of the molecule is CC(=O)O[C@H](C(=O)Oc1ccc(Br)cc1)c1ccccc1. The molecule has 0 N–H and O–H groups in total. The average molecular weight is 349 g/mol. The van der Waals surface area contributed by atoms with Crippen molar-refractivity contribution in [1.29, 1.82) is 0 Å². The molecule has 0 aliphatic heterocycles. The Morgan fingerprint density at radius 1 is 1.00 bits per heavy atom. The van der Waals surface area contributed by atoms with E-state index in [1.807, 2.05) is 6.07 Å². The molecular formula is C16H13BrO4. The first-order valence-corrected chi connectivity index (χ1v) is 7.05. The van der Waals surface area contributed by atoms with Gasteiger partial charge in [-0.05, 0) is 24.3 Å². The molecule has 108 valence electrons. The van der Waals surface area contributed by atoms with Crippen LogP contribution in [0.25, 0.3) is 0 Å². The Morgan fingerprint density at radius 2 is 1.62 bits per heavy atom. The highest BCUT2D eigenvalue weighted by Crippen LogP contribution is 2.22. The van der Waals surface area contributed by atoms with Crippen molar-refractivity contribution in [3.63, 3.8) is 0 Å². The highest BCUT2D eigenvalue weighted by molar-refractivity contribution is 9.10. The van der Waals surface area contributed by atoms with Crippen LogP contribution in [0.2, 0.25) is 0 Å². The van der Waals surface area contributed by atoms with E-state index < -0.39 is 18.0 Å². The third-order valence-corrected chi connectivity index (χ3v) is 3.16. The van der Waals surface area contributed by atoms with E-state index in [4.69, 9.17) is 9.47 Å². The van der Waals surface area contributed by atoms with Crippen LogP contribution in [0, 0.1) is 0 Å². The van der Waals surface area contributed by atoms with Crippen molar-refractivity contribution in [2.45, 2.75) is 13.0 Å². The van der Waals surface area contributed by atoms with Crippen molar-refractivity contribution in [2.24, 2.45) is 0 Å². The Hall–Kier alpha value is -2.14. The summed E-state index contributed by atoms with van der Waals surface area (Å²) in [5, 5.41) is 0. The van der Waals surface area contributed by atoms with E-state index in [1.165, 1.54) is 6.92 Å². The fraction of sp³-hybridized carbons (Fsp3) is 0.125. The second-order valence-corrected chi connectivity index (χ2v) is 5.19. The zero-order valence-electron chi connectivity index (χ0n) is 11.3. The van der Waals surface area contributed by atoms with E-state index in [0.717, 1.165) is 4.47 Å². The highest BCUT2D eigenvalue weighted by Gasteiger charge is 2.25. The van der Waals surface area contributed by atoms with Gasteiger partial charge < -0.3 is 9.47 Å². The van der Waals surface area contributed by atoms with Gasteiger partial charge in [0.25, 0.3) is 0 Å². The van der Waals surface area contributed by atoms with Crippen LogP contribution in [-0.2, 0) is 14.3 Å². The first-order valence-electron chi connectivity index (χ1n) is 6.25. The molecule has 2 aromatic carbocycles. The van der Waals surface area contributed by atoms with E-state index in [1.54, 1.807) is 48.5 Å². The quantitative estimate of drug-likeness (QED) is 0.624. The molecule has 0 bridgehead atoms. The number of carbonyl (C=O) groups is 2. The standard InChI is InChI=1S/C16H13BrO4/c1-11(18)20-15(12-5-3-2-4-6-12)16(19)21-14-9-7-13(17)8-10-14/h2-10,15H,1H3/t15-/m0/s1. The highest BCUT2D eigenvalue weighted by atomic mass is 79.9. The molecule has 2 rings (SSSR count). The lowest BCUT2D eigenvalue weighted by Crippen LogP contribution is -2.23. The molecule has 0 heterocycles. The van der Waals surface area contributed by atoms with Gasteiger partial charge in [-0.2, -0.15) is 0 Å². The summed E-state index contributed by atoms with van der Waals surface area (Å²) in [5.74, 6) is -0.799. The maximum absolute atomic E-state index is 12.2. The molecule has 0 radical (unpaired) electrons. The molecule has 0 saturated carbocycles. The third-order valence-electron chi connectivity index (χ3n) is 2.63. The largest absolute Gasteiger partial charge is 0.446 e. The number of carbonyl (C=O) groups excluding carboxylic acids is 2. The zero-order valence-corrected chi connectivity index (χ0v) is 12.9. The summed E-state index contributed by atoms with van der Waals surface area (Å²) in [6, 6.07) is 15.6. The summed E-state index contributed by atoms with van der Waals surface area (Å²) in [6.45, 7) is 1.25. The number of ether oxygens (including phenoxy) is 2. The molecule has 0 fully saturated rings. The Morgan fingerprint density at radius 3 is 2.19 bits per heavy atom. The summed E-state index contributed by atoms with van der Waals surface area (Å²) in [4.78, 5) is 23.4.